The van der Waals surface area contributed by atoms with Gasteiger partial charge < -0.3 is 29.5 Å². The maximum Gasteiger partial charge on any atom is 0.334 e. The number of rotatable bonds is 23. The molecule has 3 rings (SSSR count). The van der Waals surface area contributed by atoms with Crippen LogP contribution in [0.5, 0.6) is 0 Å². The second-order valence-electron chi connectivity index (χ2n) is 13.3. The van der Waals surface area contributed by atoms with Crippen molar-refractivity contribution in [2.75, 3.05) is 0 Å². The Morgan fingerprint density at radius 3 is 1.60 bits per heavy atom. The molecule has 0 aliphatic carbocycles. The molecule has 3 aliphatic rings. The number of hydrogen-bond donors (Lipinski definition) is 3. The highest BCUT2D eigenvalue weighted by Gasteiger charge is 2.40. The van der Waals surface area contributed by atoms with Crippen molar-refractivity contribution in [3.8, 4) is 0 Å². The standard InChI is InChI=1S/C35H62O7/c1-3-4-5-6-7-8-12-15-18-29(37)31-20-22-33(41-31)34-23-21-32(42-34)30(38)19-16-13-10-9-11-14-17-28(36)25-27-24-26(2)40-35(27)39/h24,26,28-34,36-38H,3-23,25H2,1-2H3/t26?,28-,29-,30-,31?,32-,33-,34?/m1/s1. The molecule has 3 aliphatic heterocycles. The Labute approximate surface area is 255 Å². The zero-order chi connectivity index (χ0) is 30.2. The molecule has 0 bridgehead atoms. The summed E-state index contributed by atoms with van der Waals surface area (Å²) in [6.07, 6.45) is 23.2. The Kier molecular flexibility index (Phi) is 17.0. The van der Waals surface area contributed by atoms with E-state index in [4.69, 9.17) is 14.2 Å². The molecule has 0 spiro atoms. The molecule has 0 amide bonds. The first-order chi connectivity index (χ1) is 20.4. The fourth-order valence-corrected chi connectivity index (χ4v) is 6.93. The van der Waals surface area contributed by atoms with Crippen LogP contribution in [-0.2, 0) is 19.0 Å². The van der Waals surface area contributed by atoms with E-state index in [0.717, 1.165) is 83.5 Å². The molecule has 3 heterocycles. The van der Waals surface area contributed by atoms with Crippen LogP contribution in [0, 0.1) is 0 Å². The molecule has 7 nitrogen and oxygen atoms in total. The molecule has 2 saturated heterocycles. The van der Waals surface area contributed by atoms with Crippen molar-refractivity contribution in [3.63, 3.8) is 0 Å². The van der Waals surface area contributed by atoms with Crippen molar-refractivity contribution in [2.45, 2.75) is 204 Å². The lowest BCUT2D eigenvalue weighted by Crippen LogP contribution is -2.33. The van der Waals surface area contributed by atoms with Crippen LogP contribution in [0.25, 0.3) is 0 Å². The van der Waals surface area contributed by atoms with Gasteiger partial charge >= 0.3 is 5.97 Å². The number of unbranched alkanes of at least 4 members (excludes halogenated alkanes) is 12. The van der Waals surface area contributed by atoms with Gasteiger partial charge in [-0.2, -0.15) is 0 Å². The minimum absolute atomic E-state index is 0.0410. The first kappa shape index (κ1) is 35.5. The number of cyclic esters (lactones) is 1. The third-order valence-corrected chi connectivity index (χ3v) is 9.53. The second kappa shape index (κ2) is 20.1. The zero-order valence-electron chi connectivity index (χ0n) is 26.7. The van der Waals surface area contributed by atoms with E-state index < -0.39 is 12.2 Å². The second-order valence-corrected chi connectivity index (χ2v) is 13.3. The van der Waals surface area contributed by atoms with Crippen molar-refractivity contribution in [1.29, 1.82) is 0 Å². The Morgan fingerprint density at radius 1 is 0.690 bits per heavy atom. The van der Waals surface area contributed by atoms with Gasteiger partial charge in [0.25, 0.3) is 0 Å². The Bertz CT molecular complexity index is 770. The van der Waals surface area contributed by atoms with Crippen molar-refractivity contribution in [2.24, 2.45) is 0 Å². The lowest BCUT2D eigenvalue weighted by molar-refractivity contribution is -0.139. The third-order valence-electron chi connectivity index (χ3n) is 9.53. The van der Waals surface area contributed by atoms with Gasteiger partial charge in [-0.3, -0.25) is 0 Å². The van der Waals surface area contributed by atoms with Crippen molar-refractivity contribution >= 4 is 5.97 Å². The molecule has 42 heavy (non-hydrogen) atoms. The summed E-state index contributed by atoms with van der Waals surface area (Å²) in [5.41, 5.74) is 0.606. The van der Waals surface area contributed by atoms with Crippen LogP contribution in [0.15, 0.2) is 11.6 Å². The summed E-state index contributed by atoms with van der Waals surface area (Å²) >= 11 is 0. The summed E-state index contributed by atoms with van der Waals surface area (Å²) in [6, 6.07) is 0. The van der Waals surface area contributed by atoms with Crippen LogP contribution in [-0.4, -0.2) is 70.1 Å². The van der Waals surface area contributed by atoms with Crippen LogP contribution in [0.3, 0.4) is 0 Å². The van der Waals surface area contributed by atoms with E-state index in [0.29, 0.717) is 18.4 Å². The average molecular weight is 595 g/mol. The third kappa shape index (κ3) is 12.9. The lowest BCUT2D eigenvalue weighted by atomic mass is 10.00. The zero-order valence-corrected chi connectivity index (χ0v) is 26.7. The minimum Gasteiger partial charge on any atom is -0.455 e. The van der Waals surface area contributed by atoms with Gasteiger partial charge in [0.15, 0.2) is 0 Å². The minimum atomic E-state index is -0.482. The van der Waals surface area contributed by atoms with E-state index >= 15 is 0 Å². The van der Waals surface area contributed by atoms with E-state index in [1.54, 1.807) is 6.08 Å². The number of carbonyl (C=O) groups is 1. The predicted molar refractivity (Wildman–Crippen MR) is 166 cm³/mol. The number of hydrogen-bond acceptors (Lipinski definition) is 7. The highest BCUT2D eigenvalue weighted by molar-refractivity contribution is 5.90. The summed E-state index contributed by atoms with van der Waals surface area (Å²) in [5.74, 6) is -0.290. The fourth-order valence-electron chi connectivity index (χ4n) is 6.93. The van der Waals surface area contributed by atoms with Crippen molar-refractivity contribution < 1.29 is 34.3 Å². The topological polar surface area (TPSA) is 105 Å². The molecular weight excluding hydrogens is 532 g/mol. The molecule has 0 aromatic heterocycles. The molecule has 0 aromatic rings. The van der Waals surface area contributed by atoms with Gasteiger partial charge in [-0.05, 0) is 57.9 Å². The van der Waals surface area contributed by atoms with Gasteiger partial charge in [-0.25, -0.2) is 4.79 Å². The van der Waals surface area contributed by atoms with Gasteiger partial charge in [-0.1, -0.05) is 96.8 Å². The Hall–Kier alpha value is -0.990. The molecule has 3 N–H and O–H groups in total. The molecule has 0 aromatic carbocycles. The Morgan fingerprint density at radius 2 is 1.14 bits per heavy atom. The van der Waals surface area contributed by atoms with Gasteiger partial charge in [0, 0.05) is 12.0 Å². The van der Waals surface area contributed by atoms with Crippen LogP contribution in [0.4, 0.5) is 0 Å². The summed E-state index contributed by atoms with van der Waals surface area (Å²) in [5, 5.41) is 31.6. The SMILES string of the molecule is CCCCCCCCCC[C@@H](O)C1CC[C@H](C2CC[C@H]([C@H](O)CCCCCCCC[C@@H](O)CC3=CC(C)OC3=O)O2)O1. The van der Waals surface area contributed by atoms with Crippen LogP contribution in [0.2, 0.25) is 0 Å². The molecule has 2 fully saturated rings. The maximum absolute atomic E-state index is 11.7. The molecule has 7 heteroatoms. The predicted octanol–water partition coefficient (Wildman–Crippen LogP) is 7.08. The van der Waals surface area contributed by atoms with Gasteiger partial charge in [0.2, 0.25) is 0 Å². The van der Waals surface area contributed by atoms with E-state index in [1.165, 1.54) is 44.9 Å². The molecule has 0 saturated carbocycles. The van der Waals surface area contributed by atoms with Crippen molar-refractivity contribution in [1.82, 2.24) is 0 Å². The van der Waals surface area contributed by atoms with E-state index in [2.05, 4.69) is 6.92 Å². The average Bonchev–Trinajstić information content (AvgIpc) is 3.72. The molecular formula is C35H62O7. The quantitative estimate of drug-likeness (QED) is 0.0858. The lowest BCUT2D eigenvalue weighted by Gasteiger charge is -2.24. The highest BCUT2D eigenvalue weighted by atomic mass is 16.6. The van der Waals surface area contributed by atoms with Crippen molar-refractivity contribution in [3.05, 3.63) is 11.6 Å². The maximum atomic E-state index is 11.7. The molecule has 3 unspecified atom stereocenters. The van der Waals surface area contributed by atoms with Gasteiger partial charge in [-0.15, -0.1) is 0 Å². The van der Waals surface area contributed by atoms with E-state index in [-0.39, 0.29) is 42.6 Å². The van der Waals surface area contributed by atoms with E-state index in [9.17, 15) is 20.1 Å². The van der Waals surface area contributed by atoms with E-state index in [1.807, 2.05) is 6.92 Å². The number of carbonyl (C=O) groups excluding carboxylic acids is 1. The van der Waals surface area contributed by atoms with Crippen LogP contribution in [0.1, 0.15) is 155 Å². The van der Waals surface area contributed by atoms with Gasteiger partial charge in [0.1, 0.15) is 6.10 Å². The summed E-state index contributed by atoms with van der Waals surface area (Å²) < 4.78 is 17.6. The number of esters is 1. The fraction of sp³-hybridized carbons (Fsp3) is 0.914. The summed E-state index contributed by atoms with van der Waals surface area (Å²) in [4.78, 5) is 11.7. The number of aliphatic hydroxyl groups excluding tert-OH is 3. The van der Waals surface area contributed by atoms with Crippen LogP contribution >= 0.6 is 0 Å². The largest absolute Gasteiger partial charge is 0.455 e. The molecule has 244 valence electrons. The normalized spacial score (nSPS) is 28.2. The summed E-state index contributed by atoms with van der Waals surface area (Å²) in [7, 11) is 0. The molecule has 8 atom stereocenters. The monoisotopic (exact) mass is 594 g/mol. The van der Waals surface area contributed by atoms with Gasteiger partial charge in [0.05, 0.1) is 42.7 Å². The number of ether oxygens (including phenoxy) is 3. The first-order valence-corrected chi connectivity index (χ1v) is 17.6. The van der Waals surface area contributed by atoms with Crippen LogP contribution < -0.4 is 0 Å². The number of aliphatic hydroxyl groups is 3. The highest BCUT2D eigenvalue weighted by Crippen LogP contribution is 2.34. The smallest absolute Gasteiger partial charge is 0.334 e. The summed E-state index contributed by atoms with van der Waals surface area (Å²) in [6.45, 7) is 4.08. The molecule has 0 radical (unpaired) electrons. The Balaban J connectivity index is 1.16. The first-order valence-electron chi connectivity index (χ1n) is 17.6.